The van der Waals surface area contributed by atoms with E-state index in [2.05, 4.69) is 58.2 Å². The van der Waals surface area contributed by atoms with Gasteiger partial charge in [0.2, 0.25) is 0 Å². The zero-order valence-electron chi connectivity index (χ0n) is 11.5. The van der Waals surface area contributed by atoms with Gasteiger partial charge in [0.25, 0.3) is 0 Å². The van der Waals surface area contributed by atoms with E-state index < -0.39 is 0 Å². The van der Waals surface area contributed by atoms with Crippen LogP contribution in [-0.4, -0.2) is 29.0 Å². The van der Waals surface area contributed by atoms with Gasteiger partial charge in [0.05, 0.1) is 5.52 Å². The second-order valence-corrected chi connectivity index (χ2v) is 5.69. The van der Waals surface area contributed by atoms with Crippen molar-refractivity contribution in [1.82, 2.24) is 15.0 Å². The molecule has 0 aliphatic heterocycles. The summed E-state index contributed by atoms with van der Waals surface area (Å²) in [7, 11) is 4.13. The maximum Gasteiger partial charge on any atom is 0.178 e. The van der Waals surface area contributed by atoms with Crippen molar-refractivity contribution in [3.05, 3.63) is 48.2 Å². The fourth-order valence-corrected chi connectivity index (χ4v) is 2.98. The molecule has 3 aromatic rings. The highest BCUT2D eigenvalue weighted by Gasteiger charge is 2.07. The Hall–Kier alpha value is -2.01. The summed E-state index contributed by atoms with van der Waals surface area (Å²) in [5.41, 5.74) is 4.30. The normalized spacial score (nSPS) is 10.9. The summed E-state index contributed by atoms with van der Waals surface area (Å²) in [5, 5.41) is 0.909. The zero-order valence-corrected chi connectivity index (χ0v) is 12.3. The Morgan fingerprint density at radius 1 is 1.15 bits per heavy atom. The molecule has 2 heterocycles. The number of fused-ring (bicyclic) bond motifs is 1. The maximum atomic E-state index is 4.48. The number of H-pyrrole nitrogens is 1. The summed E-state index contributed by atoms with van der Waals surface area (Å²) in [6, 6.07) is 12.3. The molecule has 102 valence electrons. The van der Waals surface area contributed by atoms with Crippen LogP contribution in [0.2, 0.25) is 0 Å². The molecule has 0 aliphatic rings. The van der Waals surface area contributed by atoms with Gasteiger partial charge < -0.3 is 9.88 Å². The van der Waals surface area contributed by atoms with E-state index in [1.165, 1.54) is 11.3 Å². The Morgan fingerprint density at radius 3 is 2.80 bits per heavy atom. The molecule has 20 heavy (non-hydrogen) atoms. The number of nitrogens with zero attached hydrogens (tertiary/aromatic N) is 3. The number of aromatic amines is 1. The van der Waals surface area contributed by atoms with Crippen molar-refractivity contribution in [3.8, 4) is 0 Å². The van der Waals surface area contributed by atoms with E-state index >= 15 is 0 Å². The molecule has 0 spiro atoms. The number of nitrogens with one attached hydrogen (secondary N) is 1. The SMILES string of the molecule is CN(C)c1ccccc1CSc1nc2ncccc2[nH]1. The third kappa shape index (κ3) is 2.63. The van der Waals surface area contributed by atoms with Crippen LogP contribution in [0.15, 0.2) is 47.8 Å². The molecule has 3 rings (SSSR count). The molecule has 0 fully saturated rings. The Morgan fingerprint density at radius 2 is 2.00 bits per heavy atom. The minimum Gasteiger partial charge on any atom is -0.377 e. The van der Waals surface area contributed by atoms with Crippen LogP contribution in [0.1, 0.15) is 5.56 Å². The highest BCUT2D eigenvalue weighted by atomic mass is 32.2. The molecule has 0 radical (unpaired) electrons. The lowest BCUT2D eigenvalue weighted by Crippen LogP contribution is -2.10. The smallest absolute Gasteiger partial charge is 0.178 e. The Balaban J connectivity index is 1.79. The van der Waals surface area contributed by atoms with E-state index in [0.717, 1.165) is 22.1 Å². The van der Waals surface area contributed by atoms with E-state index in [0.29, 0.717) is 0 Å². The predicted octanol–water partition coefficient (Wildman–Crippen LogP) is 3.32. The molecule has 0 unspecified atom stereocenters. The monoisotopic (exact) mass is 284 g/mol. The zero-order chi connectivity index (χ0) is 13.9. The van der Waals surface area contributed by atoms with Crippen molar-refractivity contribution >= 4 is 28.6 Å². The summed E-state index contributed by atoms with van der Waals surface area (Å²) in [4.78, 5) is 14.1. The minimum absolute atomic E-state index is 0.774. The average molecular weight is 284 g/mol. The number of benzene rings is 1. The highest BCUT2D eigenvalue weighted by Crippen LogP contribution is 2.27. The van der Waals surface area contributed by atoms with Gasteiger partial charge in [0.15, 0.2) is 10.8 Å². The summed E-state index contributed by atoms with van der Waals surface area (Å²) >= 11 is 1.70. The maximum absolute atomic E-state index is 4.48. The predicted molar refractivity (Wildman–Crippen MR) is 84.2 cm³/mol. The van der Waals surface area contributed by atoms with Crippen LogP contribution in [0.25, 0.3) is 11.2 Å². The van der Waals surface area contributed by atoms with Gasteiger partial charge in [-0.05, 0) is 23.8 Å². The fourth-order valence-electron chi connectivity index (χ4n) is 2.11. The van der Waals surface area contributed by atoms with Gasteiger partial charge >= 0.3 is 0 Å². The standard InChI is InChI=1S/C15H16N4S/c1-19(2)13-8-4-3-6-11(13)10-20-15-17-12-7-5-9-16-14(12)18-15/h3-9H,10H2,1-2H3,(H,16,17,18). The van der Waals surface area contributed by atoms with Crippen LogP contribution in [0.5, 0.6) is 0 Å². The molecular weight excluding hydrogens is 268 g/mol. The van der Waals surface area contributed by atoms with Gasteiger partial charge in [-0.25, -0.2) is 9.97 Å². The molecule has 0 amide bonds. The molecule has 1 N–H and O–H groups in total. The number of thioether (sulfide) groups is 1. The third-order valence-corrected chi connectivity index (χ3v) is 4.00. The molecule has 1 aromatic carbocycles. The number of pyridine rings is 1. The second-order valence-electron chi connectivity index (χ2n) is 4.73. The van der Waals surface area contributed by atoms with Crippen LogP contribution in [0.4, 0.5) is 5.69 Å². The van der Waals surface area contributed by atoms with Crippen molar-refractivity contribution in [2.24, 2.45) is 0 Å². The molecule has 0 bridgehead atoms. The van der Waals surface area contributed by atoms with Gasteiger partial charge in [-0.15, -0.1) is 0 Å². The van der Waals surface area contributed by atoms with Crippen molar-refractivity contribution < 1.29 is 0 Å². The van der Waals surface area contributed by atoms with E-state index in [1.54, 1.807) is 18.0 Å². The number of hydrogen-bond donors (Lipinski definition) is 1. The molecule has 0 saturated carbocycles. The number of hydrogen-bond acceptors (Lipinski definition) is 4. The fraction of sp³-hybridized carbons (Fsp3) is 0.200. The van der Waals surface area contributed by atoms with Crippen molar-refractivity contribution in [2.75, 3.05) is 19.0 Å². The topological polar surface area (TPSA) is 44.8 Å². The number of para-hydroxylation sites is 1. The van der Waals surface area contributed by atoms with Gasteiger partial charge in [-0.1, -0.05) is 30.0 Å². The Bertz CT molecular complexity index is 687. The van der Waals surface area contributed by atoms with Gasteiger partial charge in [-0.3, -0.25) is 0 Å². The van der Waals surface area contributed by atoms with Crippen LogP contribution in [0.3, 0.4) is 0 Å². The van der Waals surface area contributed by atoms with Crippen LogP contribution < -0.4 is 4.90 Å². The first-order chi connectivity index (χ1) is 9.74. The molecule has 5 heteroatoms. The molecule has 0 aliphatic carbocycles. The minimum atomic E-state index is 0.774. The van der Waals surface area contributed by atoms with E-state index in [-0.39, 0.29) is 0 Å². The molecule has 4 nitrogen and oxygen atoms in total. The molecule has 0 atom stereocenters. The Labute approximate surface area is 122 Å². The third-order valence-electron chi connectivity index (χ3n) is 3.07. The lowest BCUT2D eigenvalue weighted by atomic mass is 10.2. The van der Waals surface area contributed by atoms with Crippen molar-refractivity contribution in [3.63, 3.8) is 0 Å². The van der Waals surface area contributed by atoms with Gasteiger partial charge in [0, 0.05) is 31.7 Å². The molecule has 0 saturated heterocycles. The molecular formula is C15H16N4S. The summed E-state index contributed by atoms with van der Waals surface area (Å²) in [5.74, 6) is 0.883. The number of imidazole rings is 1. The van der Waals surface area contributed by atoms with Crippen molar-refractivity contribution in [1.29, 1.82) is 0 Å². The van der Waals surface area contributed by atoms with Crippen LogP contribution in [-0.2, 0) is 5.75 Å². The van der Waals surface area contributed by atoms with E-state index in [9.17, 15) is 0 Å². The lowest BCUT2D eigenvalue weighted by molar-refractivity contribution is 1.07. The molecule has 2 aromatic heterocycles. The van der Waals surface area contributed by atoms with Gasteiger partial charge in [0.1, 0.15) is 0 Å². The number of aromatic nitrogens is 3. The second kappa shape index (κ2) is 5.54. The number of anilines is 1. The van der Waals surface area contributed by atoms with Crippen molar-refractivity contribution in [2.45, 2.75) is 10.9 Å². The summed E-state index contributed by atoms with van der Waals surface area (Å²) in [6.45, 7) is 0. The number of rotatable bonds is 4. The average Bonchev–Trinajstić information content (AvgIpc) is 2.88. The first-order valence-electron chi connectivity index (χ1n) is 6.43. The quantitative estimate of drug-likeness (QED) is 0.747. The first-order valence-corrected chi connectivity index (χ1v) is 7.41. The Kier molecular flexibility index (Phi) is 3.60. The van der Waals surface area contributed by atoms with Crippen LogP contribution >= 0.6 is 11.8 Å². The van der Waals surface area contributed by atoms with Crippen LogP contribution in [0, 0.1) is 0 Å². The van der Waals surface area contributed by atoms with E-state index in [4.69, 9.17) is 0 Å². The highest BCUT2D eigenvalue weighted by molar-refractivity contribution is 7.98. The largest absolute Gasteiger partial charge is 0.377 e. The lowest BCUT2D eigenvalue weighted by Gasteiger charge is -2.16. The van der Waals surface area contributed by atoms with Gasteiger partial charge in [-0.2, -0.15) is 0 Å². The summed E-state index contributed by atoms with van der Waals surface area (Å²) < 4.78 is 0. The summed E-state index contributed by atoms with van der Waals surface area (Å²) in [6.07, 6.45) is 1.76. The van der Waals surface area contributed by atoms with E-state index in [1.807, 2.05) is 12.1 Å². The first kappa shape index (κ1) is 13.0.